The third-order valence-corrected chi connectivity index (χ3v) is 2.24. The van der Waals surface area contributed by atoms with Gasteiger partial charge in [-0.3, -0.25) is 0 Å². The molecule has 2 rings (SSSR count). The zero-order valence-electron chi connectivity index (χ0n) is 8.84. The summed E-state index contributed by atoms with van der Waals surface area (Å²) in [6.45, 7) is 1.99. The van der Waals surface area contributed by atoms with E-state index in [0.717, 1.165) is 0 Å². The molecule has 0 spiro atoms. The van der Waals surface area contributed by atoms with Crippen molar-refractivity contribution in [1.29, 1.82) is 0 Å². The molecule has 0 fully saturated rings. The maximum Gasteiger partial charge on any atom is 0.374 e. The molecular weight excluding hydrogens is 208 g/mol. The van der Waals surface area contributed by atoms with E-state index < -0.39 is 12.1 Å². The second-order valence-electron chi connectivity index (χ2n) is 3.34. The summed E-state index contributed by atoms with van der Waals surface area (Å²) >= 11 is 0. The number of ether oxygens (including phenoxy) is 2. The van der Waals surface area contributed by atoms with E-state index in [9.17, 15) is 9.90 Å². The fraction of sp³-hybridized carbons (Fsp3) is 0.250. The summed E-state index contributed by atoms with van der Waals surface area (Å²) in [6.07, 6.45) is 0.518. The molecule has 0 saturated heterocycles. The van der Waals surface area contributed by atoms with Gasteiger partial charge in [0.25, 0.3) is 0 Å². The minimum absolute atomic E-state index is 0.0352. The highest BCUT2D eigenvalue weighted by Gasteiger charge is 2.24. The first-order valence-corrected chi connectivity index (χ1v) is 5.06. The van der Waals surface area contributed by atoms with Crippen molar-refractivity contribution in [2.24, 2.45) is 0 Å². The smallest absolute Gasteiger partial charge is 0.374 e. The third-order valence-electron chi connectivity index (χ3n) is 2.24. The van der Waals surface area contributed by atoms with E-state index in [2.05, 4.69) is 0 Å². The van der Waals surface area contributed by atoms with Gasteiger partial charge in [-0.2, -0.15) is 0 Å². The molecule has 0 radical (unpaired) electrons. The van der Waals surface area contributed by atoms with E-state index >= 15 is 0 Å². The first-order chi connectivity index (χ1) is 7.72. The van der Waals surface area contributed by atoms with Crippen LogP contribution in [0.4, 0.5) is 0 Å². The largest absolute Gasteiger partial charge is 0.460 e. The summed E-state index contributed by atoms with van der Waals surface area (Å²) in [6, 6.07) is 7.03. The van der Waals surface area contributed by atoms with Gasteiger partial charge < -0.3 is 14.6 Å². The van der Waals surface area contributed by atoms with Crippen LogP contribution in [0.25, 0.3) is 0 Å². The fourth-order valence-electron chi connectivity index (χ4n) is 1.52. The van der Waals surface area contributed by atoms with Gasteiger partial charge in [-0.15, -0.1) is 0 Å². The summed E-state index contributed by atoms with van der Waals surface area (Å²) in [5.41, 5.74) is 0.649. The lowest BCUT2D eigenvalue weighted by Gasteiger charge is -2.20. The Bertz CT molecular complexity index is 436. The van der Waals surface area contributed by atoms with E-state index in [1.54, 1.807) is 31.2 Å². The molecule has 84 valence electrons. The summed E-state index contributed by atoms with van der Waals surface area (Å²) in [5, 5.41) is 9.78. The monoisotopic (exact) mass is 220 g/mol. The minimum Gasteiger partial charge on any atom is -0.460 e. The van der Waals surface area contributed by atoms with E-state index in [4.69, 9.17) is 9.47 Å². The van der Waals surface area contributed by atoms with Crippen LogP contribution in [0.3, 0.4) is 0 Å². The molecule has 1 N–H and O–H groups in total. The zero-order chi connectivity index (χ0) is 11.5. The molecular formula is C12H12O4. The Kier molecular flexibility index (Phi) is 2.92. The number of hydrogen-bond donors (Lipinski definition) is 1. The Morgan fingerprint density at radius 2 is 2.25 bits per heavy atom. The number of para-hydroxylation sites is 1. The molecule has 0 saturated carbocycles. The van der Waals surface area contributed by atoms with Gasteiger partial charge in [0.15, 0.2) is 0 Å². The van der Waals surface area contributed by atoms with Crippen LogP contribution in [0.5, 0.6) is 5.75 Å². The normalized spacial score (nSPS) is 18.1. The van der Waals surface area contributed by atoms with Crippen LogP contribution in [0.15, 0.2) is 36.1 Å². The van der Waals surface area contributed by atoms with Crippen LogP contribution >= 0.6 is 0 Å². The second kappa shape index (κ2) is 4.37. The Morgan fingerprint density at radius 3 is 3.00 bits per heavy atom. The second-order valence-corrected chi connectivity index (χ2v) is 3.34. The fourth-order valence-corrected chi connectivity index (χ4v) is 1.52. The number of hydrogen-bond acceptors (Lipinski definition) is 4. The number of carbonyl (C=O) groups excluding carboxylic acids is 1. The van der Waals surface area contributed by atoms with Gasteiger partial charge in [0.2, 0.25) is 5.76 Å². The zero-order valence-corrected chi connectivity index (χ0v) is 8.84. The van der Waals surface area contributed by atoms with Crippen molar-refractivity contribution >= 4 is 5.97 Å². The Morgan fingerprint density at radius 1 is 1.50 bits per heavy atom. The number of rotatable bonds is 2. The lowest BCUT2D eigenvalue weighted by atomic mass is 10.1. The van der Waals surface area contributed by atoms with Crippen molar-refractivity contribution in [2.75, 3.05) is 6.61 Å². The minimum atomic E-state index is -0.829. The SMILES string of the molecule is CCOC(=O)C1=CC(O)c2ccccc2O1. The molecule has 1 unspecified atom stereocenters. The van der Waals surface area contributed by atoms with Crippen LogP contribution in [0, 0.1) is 0 Å². The Labute approximate surface area is 93.1 Å². The topological polar surface area (TPSA) is 55.8 Å². The van der Waals surface area contributed by atoms with Gasteiger partial charge in [0.05, 0.1) is 6.61 Å². The van der Waals surface area contributed by atoms with E-state index in [1.165, 1.54) is 6.08 Å². The lowest BCUT2D eigenvalue weighted by molar-refractivity contribution is -0.141. The van der Waals surface area contributed by atoms with Crippen LogP contribution in [0.2, 0.25) is 0 Å². The number of carbonyl (C=O) groups is 1. The van der Waals surface area contributed by atoms with Crippen molar-refractivity contribution in [1.82, 2.24) is 0 Å². The number of benzene rings is 1. The van der Waals surface area contributed by atoms with Gasteiger partial charge >= 0.3 is 5.97 Å². The molecule has 1 heterocycles. The number of esters is 1. The van der Waals surface area contributed by atoms with E-state index in [-0.39, 0.29) is 12.4 Å². The highest BCUT2D eigenvalue weighted by Crippen LogP contribution is 2.32. The predicted octanol–water partition coefficient (Wildman–Crippen LogP) is 1.56. The molecule has 0 aromatic heterocycles. The molecule has 0 amide bonds. The molecule has 4 heteroatoms. The van der Waals surface area contributed by atoms with Gasteiger partial charge in [0.1, 0.15) is 11.9 Å². The molecule has 1 aliphatic heterocycles. The van der Waals surface area contributed by atoms with Crippen LogP contribution < -0.4 is 4.74 Å². The predicted molar refractivity (Wildman–Crippen MR) is 56.7 cm³/mol. The molecule has 4 nitrogen and oxygen atoms in total. The van der Waals surface area contributed by atoms with Crippen molar-refractivity contribution in [3.05, 3.63) is 41.7 Å². The summed E-state index contributed by atoms with van der Waals surface area (Å²) in [5.74, 6) is -0.0374. The average molecular weight is 220 g/mol. The molecule has 1 aromatic carbocycles. The number of aliphatic hydroxyl groups is 1. The average Bonchev–Trinajstić information content (AvgIpc) is 2.29. The van der Waals surface area contributed by atoms with E-state index in [1.807, 2.05) is 0 Å². The van der Waals surface area contributed by atoms with Gasteiger partial charge in [-0.1, -0.05) is 18.2 Å². The molecule has 1 aliphatic rings. The Balaban J connectivity index is 2.26. The quantitative estimate of drug-likeness (QED) is 0.768. The molecule has 0 aliphatic carbocycles. The van der Waals surface area contributed by atoms with E-state index in [0.29, 0.717) is 11.3 Å². The number of fused-ring (bicyclic) bond motifs is 1. The molecule has 1 atom stereocenters. The Hall–Kier alpha value is -1.81. The molecule has 1 aromatic rings. The van der Waals surface area contributed by atoms with Crippen LogP contribution in [-0.2, 0) is 9.53 Å². The maximum absolute atomic E-state index is 11.4. The summed E-state index contributed by atoms with van der Waals surface area (Å²) < 4.78 is 10.1. The van der Waals surface area contributed by atoms with Crippen LogP contribution in [0.1, 0.15) is 18.6 Å². The van der Waals surface area contributed by atoms with Crippen molar-refractivity contribution in [3.8, 4) is 5.75 Å². The molecule has 0 bridgehead atoms. The van der Waals surface area contributed by atoms with Gasteiger partial charge in [0, 0.05) is 5.56 Å². The van der Waals surface area contributed by atoms with Crippen molar-refractivity contribution in [2.45, 2.75) is 13.0 Å². The van der Waals surface area contributed by atoms with Crippen LogP contribution in [-0.4, -0.2) is 17.7 Å². The standard InChI is InChI=1S/C12H12O4/c1-2-15-12(14)11-7-9(13)8-5-3-4-6-10(8)16-11/h3-7,9,13H,2H2,1H3. The highest BCUT2D eigenvalue weighted by molar-refractivity contribution is 5.87. The first-order valence-electron chi connectivity index (χ1n) is 5.06. The first kappa shape index (κ1) is 10.7. The summed E-state index contributed by atoms with van der Waals surface area (Å²) in [7, 11) is 0. The third kappa shape index (κ3) is 1.92. The highest BCUT2D eigenvalue weighted by atomic mass is 16.6. The molecule has 16 heavy (non-hydrogen) atoms. The van der Waals surface area contributed by atoms with Gasteiger partial charge in [-0.05, 0) is 19.1 Å². The maximum atomic E-state index is 11.4. The summed E-state index contributed by atoms with van der Waals surface area (Å²) in [4.78, 5) is 11.4. The number of aliphatic hydroxyl groups excluding tert-OH is 1. The van der Waals surface area contributed by atoms with Crippen molar-refractivity contribution in [3.63, 3.8) is 0 Å². The van der Waals surface area contributed by atoms with Crippen molar-refractivity contribution < 1.29 is 19.4 Å². The lowest BCUT2D eigenvalue weighted by Crippen LogP contribution is -2.18. The van der Waals surface area contributed by atoms with Gasteiger partial charge in [-0.25, -0.2) is 4.79 Å².